The monoisotopic (exact) mass is 249 g/mol. The first-order valence-electron chi connectivity index (χ1n) is 6.62. The van der Waals surface area contributed by atoms with Crippen LogP contribution in [0.3, 0.4) is 0 Å². The summed E-state index contributed by atoms with van der Waals surface area (Å²) < 4.78 is 5.13. The molecular formula is C14H19NO3. The fourth-order valence-electron chi connectivity index (χ4n) is 2.32. The lowest BCUT2D eigenvalue weighted by atomic mass is 9.95. The lowest BCUT2D eigenvalue weighted by molar-refractivity contribution is -0.138. The zero-order chi connectivity index (χ0) is 12.8. The van der Waals surface area contributed by atoms with Crippen molar-refractivity contribution in [2.45, 2.75) is 51.0 Å². The third kappa shape index (κ3) is 3.72. The molecule has 0 aliphatic heterocycles. The summed E-state index contributed by atoms with van der Waals surface area (Å²) in [6.07, 6.45) is 7.79. The van der Waals surface area contributed by atoms with E-state index in [1.807, 2.05) is 6.07 Å². The van der Waals surface area contributed by atoms with Crippen LogP contribution in [0.5, 0.6) is 0 Å². The minimum Gasteiger partial charge on any atom is -0.469 e. The quantitative estimate of drug-likeness (QED) is 0.814. The van der Waals surface area contributed by atoms with E-state index in [0.29, 0.717) is 6.42 Å². The molecule has 4 nitrogen and oxygen atoms in total. The maximum absolute atomic E-state index is 11.7. The summed E-state index contributed by atoms with van der Waals surface area (Å²) in [4.78, 5) is 23.3. The maximum Gasteiger partial charge on any atom is 0.287 e. The molecule has 98 valence electrons. The SMILES string of the molecule is O=C(CCc1ccco1)C(=O)NC1CCCCC1. The third-order valence-corrected chi connectivity index (χ3v) is 3.37. The van der Waals surface area contributed by atoms with Crippen LogP contribution in [0.1, 0.15) is 44.3 Å². The lowest BCUT2D eigenvalue weighted by Gasteiger charge is -2.22. The predicted octanol–water partition coefficient (Wildman–Crippen LogP) is 2.23. The Balaban J connectivity index is 1.72. The van der Waals surface area contributed by atoms with Crippen LogP contribution >= 0.6 is 0 Å². The van der Waals surface area contributed by atoms with Crippen LogP contribution in [-0.2, 0) is 16.0 Å². The van der Waals surface area contributed by atoms with Gasteiger partial charge in [0, 0.05) is 18.9 Å². The number of carbonyl (C=O) groups is 2. The lowest BCUT2D eigenvalue weighted by Crippen LogP contribution is -2.40. The number of hydrogen-bond donors (Lipinski definition) is 1. The normalized spacial score (nSPS) is 16.4. The Kier molecular flexibility index (Phi) is 4.56. The topological polar surface area (TPSA) is 59.3 Å². The van der Waals surface area contributed by atoms with Crippen LogP contribution < -0.4 is 5.32 Å². The first-order valence-corrected chi connectivity index (χ1v) is 6.62. The molecule has 1 aliphatic rings. The van der Waals surface area contributed by atoms with Crippen LogP contribution in [0.25, 0.3) is 0 Å². The Morgan fingerprint density at radius 3 is 2.72 bits per heavy atom. The molecule has 1 aliphatic carbocycles. The smallest absolute Gasteiger partial charge is 0.287 e. The largest absolute Gasteiger partial charge is 0.469 e. The Morgan fingerprint density at radius 1 is 1.28 bits per heavy atom. The minimum absolute atomic E-state index is 0.193. The molecule has 0 saturated heterocycles. The third-order valence-electron chi connectivity index (χ3n) is 3.37. The number of carbonyl (C=O) groups excluding carboxylic acids is 2. The van der Waals surface area contributed by atoms with Crippen molar-refractivity contribution in [1.82, 2.24) is 5.32 Å². The predicted molar refractivity (Wildman–Crippen MR) is 67.1 cm³/mol. The van der Waals surface area contributed by atoms with Crippen molar-refractivity contribution in [3.63, 3.8) is 0 Å². The van der Waals surface area contributed by atoms with Crippen LogP contribution in [-0.4, -0.2) is 17.7 Å². The fourth-order valence-corrected chi connectivity index (χ4v) is 2.32. The second-order valence-corrected chi connectivity index (χ2v) is 4.81. The van der Waals surface area contributed by atoms with Gasteiger partial charge in [0.2, 0.25) is 5.78 Å². The first kappa shape index (κ1) is 12.9. The number of aryl methyl sites for hydroxylation is 1. The average Bonchev–Trinajstić information content (AvgIpc) is 2.90. The standard InChI is InChI=1S/C14H19NO3/c16-13(9-8-12-7-4-10-18-12)14(17)15-11-5-2-1-3-6-11/h4,7,10-11H,1-3,5-6,8-9H2,(H,15,17). The summed E-state index contributed by atoms with van der Waals surface area (Å²) in [7, 11) is 0. The summed E-state index contributed by atoms with van der Waals surface area (Å²) >= 11 is 0. The van der Waals surface area contributed by atoms with Gasteiger partial charge in [-0.15, -0.1) is 0 Å². The Bertz CT molecular complexity index is 391. The highest BCUT2D eigenvalue weighted by Gasteiger charge is 2.20. The summed E-state index contributed by atoms with van der Waals surface area (Å²) in [5.74, 6) is -0.0424. The highest BCUT2D eigenvalue weighted by molar-refractivity contribution is 6.36. The number of rotatable bonds is 5. The molecule has 1 aromatic rings. The van der Waals surface area contributed by atoms with Crippen molar-refractivity contribution in [3.8, 4) is 0 Å². The molecule has 2 rings (SSSR count). The van der Waals surface area contributed by atoms with E-state index in [0.717, 1.165) is 31.4 Å². The minimum atomic E-state index is -0.437. The van der Waals surface area contributed by atoms with Gasteiger partial charge in [-0.3, -0.25) is 9.59 Å². The van der Waals surface area contributed by atoms with Gasteiger partial charge in [0.1, 0.15) is 5.76 Å². The Labute approximate surface area is 107 Å². The second-order valence-electron chi connectivity index (χ2n) is 4.81. The number of nitrogens with one attached hydrogen (secondary N) is 1. The first-order chi connectivity index (χ1) is 8.75. The van der Waals surface area contributed by atoms with Crippen molar-refractivity contribution in [2.75, 3.05) is 0 Å². The van der Waals surface area contributed by atoms with Gasteiger partial charge in [-0.2, -0.15) is 0 Å². The van der Waals surface area contributed by atoms with E-state index < -0.39 is 5.91 Å². The van der Waals surface area contributed by atoms with Crippen molar-refractivity contribution in [2.24, 2.45) is 0 Å². The molecule has 1 aromatic heterocycles. The van der Waals surface area contributed by atoms with Gasteiger partial charge in [0.25, 0.3) is 5.91 Å². The van der Waals surface area contributed by atoms with Gasteiger partial charge >= 0.3 is 0 Å². The van der Waals surface area contributed by atoms with Gasteiger partial charge in [-0.25, -0.2) is 0 Å². The van der Waals surface area contributed by atoms with Crippen molar-refractivity contribution < 1.29 is 14.0 Å². The molecule has 4 heteroatoms. The molecule has 1 N–H and O–H groups in total. The summed E-state index contributed by atoms with van der Waals surface area (Å²) in [6, 6.07) is 3.78. The molecule has 0 spiro atoms. The number of hydrogen-bond acceptors (Lipinski definition) is 3. The van der Waals surface area contributed by atoms with E-state index in [1.54, 1.807) is 12.3 Å². The van der Waals surface area contributed by atoms with Crippen molar-refractivity contribution in [1.29, 1.82) is 0 Å². The van der Waals surface area contributed by atoms with Crippen molar-refractivity contribution in [3.05, 3.63) is 24.2 Å². The van der Waals surface area contributed by atoms with Gasteiger partial charge in [0.05, 0.1) is 6.26 Å². The number of Topliss-reactive ketones (excluding diaryl/α,β-unsaturated/α-hetero) is 1. The molecule has 18 heavy (non-hydrogen) atoms. The fraction of sp³-hybridized carbons (Fsp3) is 0.571. The molecule has 1 amide bonds. The summed E-state index contributed by atoms with van der Waals surface area (Å²) in [5.41, 5.74) is 0. The van der Waals surface area contributed by atoms with E-state index in [4.69, 9.17) is 4.42 Å². The van der Waals surface area contributed by atoms with E-state index in [-0.39, 0.29) is 18.2 Å². The van der Waals surface area contributed by atoms with E-state index >= 15 is 0 Å². The molecule has 1 heterocycles. The van der Waals surface area contributed by atoms with E-state index in [9.17, 15) is 9.59 Å². The van der Waals surface area contributed by atoms with Crippen LogP contribution in [0.4, 0.5) is 0 Å². The zero-order valence-corrected chi connectivity index (χ0v) is 10.5. The van der Waals surface area contributed by atoms with Crippen LogP contribution in [0.2, 0.25) is 0 Å². The van der Waals surface area contributed by atoms with Crippen molar-refractivity contribution >= 4 is 11.7 Å². The molecular weight excluding hydrogens is 230 g/mol. The summed E-state index contributed by atoms with van der Waals surface area (Å²) in [5, 5.41) is 2.83. The van der Waals surface area contributed by atoms with Gasteiger partial charge in [-0.05, 0) is 25.0 Å². The number of furan rings is 1. The molecule has 1 fully saturated rings. The summed E-state index contributed by atoms with van der Waals surface area (Å²) in [6.45, 7) is 0. The van der Waals surface area contributed by atoms with Gasteiger partial charge in [-0.1, -0.05) is 19.3 Å². The molecule has 0 radical (unpaired) electrons. The second kappa shape index (κ2) is 6.38. The molecule has 0 aromatic carbocycles. The number of amides is 1. The highest BCUT2D eigenvalue weighted by atomic mass is 16.3. The van der Waals surface area contributed by atoms with E-state index in [2.05, 4.69) is 5.32 Å². The van der Waals surface area contributed by atoms with E-state index in [1.165, 1.54) is 6.42 Å². The molecule has 0 bridgehead atoms. The molecule has 1 saturated carbocycles. The van der Waals surface area contributed by atoms with Crippen LogP contribution in [0, 0.1) is 0 Å². The highest BCUT2D eigenvalue weighted by Crippen LogP contribution is 2.17. The van der Waals surface area contributed by atoms with Gasteiger partial charge in [0.15, 0.2) is 0 Å². The zero-order valence-electron chi connectivity index (χ0n) is 10.5. The maximum atomic E-state index is 11.7. The Hall–Kier alpha value is -1.58. The molecule has 0 atom stereocenters. The number of ketones is 1. The van der Waals surface area contributed by atoms with Gasteiger partial charge < -0.3 is 9.73 Å². The molecule has 0 unspecified atom stereocenters. The van der Waals surface area contributed by atoms with Crippen LogP contribution in [0.15, 0.2) is 22.8 Å². The Morgan fingerprint density at radius 2 is 2.06 bits per heavy atom. The average molecular weight is 249 g/mol.